The van der Waals surface area contributed by atoms with Crippen LogP contribution >= 0.6 is 12.2 Å². The Hall–Kier alpha value is -4.45. The van der Waals surface area contributed by atoms with E-state index in [2.05, 4.69) is 30.7 Å². The zero-order valence-corrected chi connectivity index (χ0v) is 20.6. The molecule has 0 aliphatic carbocycles. The Labute approximate surface area is 216 Å². The average molecular weight is 526 g/mol. The second kappa shape index (κ2) is 11.1. The van der Waals surface area contributed by atoms with Crippen LogP contribution in [0.2, 0.25) is 0 Å². The lowest BCUT2D eigenvalue weighted by Gasteiger charge is -2.13. The van der Waals surface area contributed by atoms with Crippen molar-refractivity contribution in [1.82, 2.24) is 20.2 Å². The number of hydrogen-bond acceptors (Lipinski definition) is 6. The number of halogens is 3. The molecule has 0 aliphatic rings. The maximum Gasteiger partial charge on any atom is 0.573 e. The quantitative estimate of drug-likeness (QED) is 0.195. The maximum atomic E-state index is 12.3. The molecule has 2 N–H and O–H groups in total. The van der Waals surface area contributed by atoms with Crippen molar-refractivity contribution in [2.24, 2.45) is 5.10 Å². The summed E-state index contributed by atoms with van der Waals surface area (Å²) in [7, 11) is 3.95. The Morgan fingerprint density at radius 2 is 1.68 bits per heavy atom. The number of hydrogen-bond donors (Lipinski definition) is 2. The van der Waals surface area contributed by atoms with Gasteiger partial charge >= 0.3 is 6.36 Å². The number of alkyl halides is 3. The van der Waals surface area contributed by atoms with Crippen LogP contribution in [0, 0.1) is 0 Å². The number of hydrazone groups is 1. The van der Waals surface area contributed by atoms with Crippen LogP contribution in [-0.4, -0.2) is 46.5 Å². The zero-order valence-electron chi connectivity index (χ0n) is 19.8. The van der Waals surface area contributed by atoms with Gasteiger partial charge in [0.15, 0.2) is 10.9 Å². The minimum absolute atomic E-state index is 0.307. The topological polar surface area (TPSA) is 79.6 Å². The molecule has 8 nitrogen and oxygen atoms in total. The number of benzene rings is 3. The molecule has 0 bridgehead atoms. The number of anilines is 2. The first-order valence-corrected chi connectivity index (χ1v) is 11.3. The van der Waals surface area contributed by atoms with Crippen LogP contribution in [0.5, 0.6) is 5.75 Å². The van der Waals surface area contributed by atoms with E-state index in [1.54, 1.807) is 6.21 Å². The maximum absolute atomic E-state index is 12.3. The van der Waals surface area contributed by atoms with Gasteiger partial charge in [-0.15, -0.1) is 18.3 Å². The first-order valence-electron chi connectivity index (χ1n) is 10.9. The molecule has 4 aromatic rings. The van der Waals surface area contributed by atoms with Gasteiger partial charge in [0.2, 0.25) is 0 Å². The van der Waals surface area contributed by atoms with Gasteiger partial charge in [0.05, 0.1) is 11.9 Å². The normalized spacial score (nSPS) is 11.4. The van der Waals surface area contributed by atoms with Crippen molar-refractivity contribution in [3.05, 3.63) is 84.7 Å². The van der Waals surface area contributed by atoms with Gasteiger partial charge in [0, 0.05) is 31.0 Å². The van der Waals surface area contributed by atoms with Crippen molar-refractivity contribution in [1.29, 1.82) is 0 Å². The van der Waals surface area contributed by atoms with Crippen molar-refractivity contribution in [2.45, 2.75) is 6.36 Å². The first-order chi connectivity index (χ1) is 17.7. The molecule has 1 heterocycles. The van der Waals surface area contributed by atoms with E-state index in [9.17, 15) is 13.2 Å². The SMILES string of the molecule is CN(C)c1ccc(NC(=S)N/N=C\c2ccc(-c3ncn(-c4ccc(OC(F)(F)F)cc4)n3)cc2)cc1. The Morgan fingerprint density at radius 3 is 2.30 bits per heavy atom. The number of rotatable bonds is 7. The fraction of sp³-hybridized carbons (Fsp3) is 0.120. The third-order valence-electron chi connectivity index (χ3n) is 5.02. The van der Waals surface area contributed by atoms with Gasteiger partial charge in [0.25, 0.3) is 0 Å². The largest absolute Gasteiger partial charge is 0.573 e. The van der Waals surface area contributed by atoms with Gasteiger partial charge in [-0.25, -0.2) is 9.67 Å². The molecule has 0 atom stereocenters. The summed E-state index contributed by atoms with van der Waals surface area (Å²) in [4.78, 5) is 6.29. The van der Waals surface area contributed by atoms with E-state index in [4.69, 9.17) is 12.2 Å². The van der Waals surface area contributed by atoms with Gasteiger partial charge < -0.3 is 15.0 Å². The second-order valence-corrected chi connectivity index (χ2v) is 8.35. The van der Waals surface area contributed by atoms with E-state index < -0.39 is 6.36 Å². The molecule has 1 aromatic heterocycles. The smallest absolute Gasteiger partial charge is 0.406 e. The first kappa shape index (κ1) is 25.6. The Bertz CT molecular complexity index is 1370. The lowest BCUT2D eigenvalue weighted by atomic mass is 10.1. The van der Waals surface area contributed by atoms with Crippen molar-refractivity contribution in [2.75, 3.05) is 24.3 Å². The fourth-order valence-electron chi connectivity index (χ4n) is 3.21. The highest BCUT2D eigenvalue weighted by atomic mass is 32.1. The van der Waals surface area contributed by atoms with Gasteiger partial charge in [-0.3, -0.25) is 5.43 Å². The summed E-state index contributed by atoms with van der Waals surface area (Å²) in [6.45, 7) is 0. The zero-order chi connectivity index (χ0) is 26.4. The summed E-state index contributed by atoms with van der Waals surface area (Å²) in [5.41, 5.74) is 6.85. The predicted octanol–water partition coefficient (Wildman–Crippen LogP) is 5.22. The summed E-state index contributed by atoms with van der Waals surface area (Å²) < 4.78 is 42.3. The number of nitrogens with one attached hydrogen (secondary N) is 2. The molecule has 0 fully saturated rings. The highest BCUT2D eigenvalue weighted by molar-refractivity contribution is 7.80. The highest BCUT2D eigenvalue weighted by Gasteiger charge is 2.31. The molecular formula is C25H22F3N7OS. The average Bonchev–Trinajstić information content (AvgIpc) is 3.35. The Kier molecular flexibility index (Phi) is 7.68. The molecule has 0 saturated carbocycles. The van der Waals surface area contributed by atoms with Crippen LogP contribution in [0.25, 0.3) is 17.1 Å². The molecule has 0 spiro atoms. The predicted molar refractivity (Wildman–Crippen MR) is 141 cm³/mol. The monoisotopic (exact) mass is 525 g/mol. The standard InChI is InChI=1S/C25H22F3N7OS/c1-34(2)20-9-7-19(8-10-20)31-24(37)32-30-15-17-3-5-18(6-4-17)23-29-16-35(33-23)21-11-13-22(14-12-21)36-25(26,27)28/h3-16H,1-2H3,(H2,31,32,37)/b30-15-. The summed E-state index contributed by atoms with van der Waals surface area (Å²) in [6.07, 6.45) is -1.63. The van der Waals surface area contributed by atoms with Gasteiger partial charge in [-0.1, -0.05) is 24.3 Å². The molecular weight excluding hydrogens is 503 g/mol. The van der Waals surface area contributed by atoms with Crippen molar-refractivity contribution < 1.29 is 17.9 Å². The van der Waals surface area contributed by atoms with Crippen LogP contribution < -0.4 is 20.4 Å². The van der Waals surface area contributed by atoms with Crippen LogP contribution in [0.3, 0.4) is 0 Å². The molecule has 0 radical (unpaired) electrons. The Morgan fingerprint density at radius 1 is 1.00 bits per heavy atom. The molecule has 0 amide bonds. The molecule has 0 aliphatic heterocycles. The molecule has 3 aromatic carbocycles. The van der Waals surface area contributed by atoms with Crippen molar-refractivity contribution in [3.63, 3.8) is 0 Å². The number of nitrogens with zero attached hydrogens (tertiary/aromatic N) is 5. The van der Waals surface area contributed by atoms with E-state index in [-0.39, 0.29) is 5.75 Å². The fourth-order valence-corrected chi connectivity index (χ4v) is 3.38. The van der Waals surface area contributed by atoms with Crippen LogP contribution in [0.4, 0.5) is 24.5 Å². The minimum atomic E-state index is -4.74. The highest BCUT2D eigenvalue weighted by Crippen LogP contribution is 2.24. The van der Waals surface area contributed by atoms with Crippen LogP contribution in [-0.2, 0) is 0 Å². The van der Waals surface area contributed by atoms with E-state index >= 15 is 0 Å². The van der Waals surface area contributed by atoms with Gasteiger partial charge in [-0.05, 0) is 66.3 Å². The number of aromatic nitrogens is 3. The third-order valence-corrected chi connectivity index (χ3v) is 5.21. The molecule has 12 heteroatoms. The van der Waals surface area contributed by atoms with Crippen molar-refractivity contribution >= 4 is 34.9 Å². The molecule has 190 valence electrons. The lowest BCUT2D eigenvalue weighted by molar-refractivity contribution is -0.274. The van der Waals surface area contributed by atoms with E-state index in [1.165, 1.54) is 35.3 Å². The summed E-state index contributed by atoms with van der Waals surface area (Å²) in [5, 5.41) is 12.0. The third kappa shape index (κ3) is 7.27. The Balaban J connectivity index is 1.32. The van der Waals surface area contributed by atoms with Gasteiger partial charge in [0.1, 0.15) is 12.1 Å². The summed E-state index contributed by atoms with van der Waals surface area (Å²) in [5.74, 6) is 0.154. The van der Waals surface area contributed by atoms with E-state index in [1.807, 2.05) is 67.5 Å². The summed E-state index contributed by atoms with van der Waals surface area (Å²) in [6, 6.07) is 20.6. The van der Waals surface area contributed by atoms with E-state index in [0.29, 0.717) is 16.6 Å². The second-order valence-electron chi connectivity index (χ2n) is 7.94. The number of thiocarbonyl (C=S) groups is 1. The molecule has 37 heavy (non-hydrogen) atoms. The molecule has 4 rings (SSSR count). The van der Waals surface area contributed by atoms with Crippen LogP contribution in [0.15, 0.2) is 84.2 Å². The molecule has 0 unspecified atom stereocenters. The molecule has 0 saturated heterocycles. The van der Waals surface area contributed by atoms with Gasteiger partial charge in [-0.2, -0.15) is 5.10 Å². The summed E-state index contributed by atoms with van der Waals surface area (Å²) >= 11 is 5.27. The lowest BCUT2D eigenvalue weighted by Crippen LogP contribution is -2.23. The van der Waals surface area contributed by atoms with E-state index in [0.717, 1.165) is 22.5 Å². The minimum Gasteiger partial charge on any atom is -0.406 e. The number of ether oxygens (including phenoxy) is 1. The van der Waals surface area contributed by atoms with Crippen LogP contribution in [0.1, 0.15) is 5.56 Å². The van der Waals surface area contributed by atoms with Crippen molar-refractivity contribution in [3.8, 4) is 22.8 Å².